The van der Waals surface area contributed by atoms with E-state index in [9.17, 15) is 9.59 Å². The zero-order valence-corrected chi connectivity index (χ0v) is 15.3. The molecule has 1 rings (SSSR count). The van der Waals surface area contributed by atoms with Crippen molar-refractivity contribution in [2.75, 3.05) is 0 Å². The molecule has 0 spiro atoms. The fraction of sp³-hybridized carbons (Fsp3) is 0.684. The molecule has 0 unspecified atom stereocenters. The first-order chi connectivity index (χ1) is 10.2. The summed E-state index contributed by atoms with van der Waals surface area (Å²) >= 11 is 1.41. The highest BCUT2D eigenvalue weighted by atomic mass is 32.2. The molecule has 1 aliphatic rings. The van der Waals surface area contributed by atoms with Gasteiger partial charge in [-0.3, -0.25) is 9.59 Å². The van der Waals surface area contributed by atoms with Gasteiger partial charge in [0.25, 0.3) is 0 Å². The molecule has 0 heterocycles. The van der Waals surface area contributed by atoms with E-state index < -0.39 is 5.41 Å². The van der Waals surface area contributed by atoms with Crippen LogP contribution in [0.3, 0.4) is 0 Å². The van der Waals surface area contributed by atoms with Crippen molar-refractivity contribution in [1.82, 2.24) is 0 Å². The van der Waals surface area contributed by atoms with Crippen molar-refractivity contribution in [2.45, 2.75) is 64.5 Å². The molecule has 124 valence electrons. The lowest BCUT2D eigenvalue weighted by molar-refractivity contribution is -0.128. The van der Waals surface area contributed by atoms with Gasteiger partial charge >= 0.3 is 0 Å². The Labute approximate surface area is 139 Å². The van der Waals surface area contributed by atoms with Gasteiger partial charge in [-0.2, -0.15) is 0 Å². The number of thioether (sulfide) groups is 1. The fourth-order valence-corrected chi connectivity index (χ4v) is 4.50. The summed E-state index contributed by atoms with van der Waals surface area (Å²) < 4.78 is -0.0963. The van der Waals surface area contributed by atoms with Crippen LogP contribution in [0.25, 0.3) is 0 Å². The van der Waals surface area contributed by atoms with Gasteiger partial charge in [0.1, 0.15) is 5.78 Å². The standard InChI is InChI=1S/C19H30O2S/c1-7-9-10-14(17(21)22-18(3,4)5)15-11-12-16(20)19(15,6)13-8-2/h7-8,14-15H,1-2,9-13H2,3-6H3/t14-,15-,19-/m1/s1. The minimum absolute atomic E-state index is 0.0707. The molecule has 0 aromatic rings. The molecular formula is C19H30O2S. The molecule has 0 saturated heterocycles. The summed E-state index contributed by atoms with van der Waals surface area (Å²) in [5.41, 5.74) is -0.429. The number of hydrogen-bond donors (Lipinski definition) is 0. The monoisotopic (exact) mass is 322 g/mol. The van der Waals surface area contributed by atoms with Crippen molar-refractivity contribution in [1.29, 1.82) is 0 Å². The van der Waals surface area contributed by atoms with Gasteiger partial charge in [-0.1, -0.05) is 51.6 Å². The molecule has 0 aromatic heterocycles. The van der Waals surface area contributed by atoms with Gasteiger partial charge in [0.05, 0.1) is 0 Å². The van der Waals surface area contributed by atoms with Crippen LogP contribution < -0.4 is 0 Å². The minimum atomic E-state index is -0.429. The van der Waals surface area contributed by atoms with E-state index in [1.54, 1.807) is 0 Å². The molecular weight excluding hydrogens is 292 g/mol. The summed E-state index contributed by atoms with van der Waals surface area (Å²) in [5.74, 6) is 0.341. The Hall–Kier alpha value is -0.830. The van der Waals surface area contributed by atoms with Crippen molar-refractivity contribution >= 4 is 22.7 Å². The third-order valence-electron chi connectivity index (χ3n) is 4.58. The van der Waals surface area contributed by atoms with Gasteiger partial charge in [-0.15, -0.1) is 13.2 Å². The van der Waals surface area contributed by atoms with Gasteiger partial charge in [-0.05, 0) is 31.6 Å². The molecule has 3 atom stereocenters. The van der Waals surface area contributed by atoms with E-state index >= 15 is 0 Å². The molecule has 2 nitrogen and oxygen atoms in total. The second-order valence-electron chi connectivity index (χ2n) is 7.48. The van der Waals surface area contributed by atoms with Gasteiger partial charge in [0.2, 0.25) is 0 Å². The number of hydrogen-bond acceptors (Lipinski definition) is 3. The molecule has 3 heteroatoms. The number of allylic oxidation sites excluding steroid dienone is 2. The van der Waals surface area contributed by atoms with E-state index in [2.05, 4.69) is 33.9 Å². The summed E-state index contributed by atoms with van der Waals surface area (Å²) in [5, 5.41) is 0.226. The normalized spacial score (nSPS) is 26.7. The summed E-state index contributed by atoms with van der Waals surface area (Å²) in [6, 6.07) is 0. The first-order valence-electron chi connectivity index (χ1n) is 8.13. The lowest BCUT2D eigenvalue weighted by atomic mass is 9.69. The number of carbonyl (C=O) groups is 2. The third kappa shape index (κ3) is 4.58. The van der Waals surface area contributed by atoms with Gasteiger partial charge in [-0.25, -0.2) is 0 Å². The molecule has 1 fully saturated rings. The molecule has 0 radical (unpaired) electrons. The Morgan fingerprint density at radius 2 is 2.05 bits per heavy atom. The maximum Gasteiger partial charge on any atom is 0.192 e. The third-order valence-corrected chi connectivity index (χ3v) is 5.70. The Morgan fingerprint density at radius 1 is 1.41 bits per heavy atom. The van der Waals surface area contributed by atoms with Crippen molar-refractivity contribution in [3.63, 3.8) is 0 Å². The average Bonchev–Trinajstić information content (AvgIpc) is 2.66. The number of rotatable bonds is 7. The second kappa shape index (κ2) is 7.63. The van der Waals surface area contributed by atoms with E-state index in [-0.39, 0.29) is 27.5 Å². The Balaban J connectivity index is 3.04. The van der Waals surface area contributed by atoms with Crippen LogP contribution in [0, 0.1) is 17.3 Å². The van der Waals surface area contributed by atoms with Gasteiger partial charge < -0.3 is 0 Å². The summed E-state index contributed by atoms with van der Waals surface area (Å²) in [6.07, 6.45) is 7.36. The molecule has 0 aliphatic heterocycles. The Morgan fingerprint density at radius 3 is 2.55 bits per heavy atom. The van der Waals surface area contributed by atoms with Crippen LogP contribution in [0.1, 0.15) is 59.8 Å². The smallest absolute Gasteiger partial charge is 0.192 e. The highest BCUT2D eigenvalue weighted by Gasteiger charge is 2.50. The summed E-state index contributed by atoms with van der Waals surface area (Å²) in [7, 11) is 0. The zero-order chi connectivity index (χ0) is 17.0. The van der Waals surface area contributed by atoms with Crippen LogP contribution in [0.2, 0.25) is 0 Å². The predicted molar refractivity (Wildman–Crippen MR) is 95.9 cm³/mol. The first kappa shape index (κ1) is 19.2. The largest absolute Gasteiger partial charge is 0.299 e. The van der Waals surface area contributed by atoms with Crippen molar-refractivity contribution in [2.24, 2.45) is 17.3 Å². The van der Waals surface area contributed by atoms with Crippen LogP contribution in [0.4, 0.5) is 0 Å². The van der Waals surface area contributed by atoms with Crippen molar-refractivity contribution in [3.8, 4) is 0 Å². The average molecular weight is 323 g/mol. The lowest BCUT2D eigenvalue weighted by Crippen LogP contribution is -2.36. The van der Waals surface area contributed by atoms with Crippen LogP contribution in [-0.2, 0) is 9.59 Å². The van der Waals surface area contributed by atoms with Crippen LogP contribution in [0.15, 0.2) is 25.3 Å². The van der Waals surface area contributed by atoms with Crippen molar-refractivity contribution < 1.29 is 9.59 Å². The Bertz CT molecular complexity index is 447. The van der Waals surface area contributed by atoms with E-state index in [4.69, 9.17) is 0 Å². The summed E-state index contributed by atoms with van der Waals surface area (Å²) in [4.78, 5) is 25.2. The van der Waals surface area contributed by atoms with Crippen LogP contribution >= 0.6 is 11.8 Å². The maximum absolute atomic E-state index is 12.8. The van der Waals surface area contributed by atoms with E-state index in [1.807, 2.05) is 19.1 Å². The molecule has 0 aromatic carbocycles. The van der Waals surface area contributed by atoms with Crippen LogP contribution in [-0.4, -0.2) is 15.6 Å². The molecule has 0 bridgehead atoms. The Kier molecular flexibility index (Phi) is 6.66. The fourth-order valence-electron chi connectivity index (χ4n) is 3.47. The number of Topliss-reactive ketones (excluding diaryl/α,β-unsaturated/α-hetero) is 1. The molecule has 1 aliphatic carbocycles. The molecule has 1 saturated carbocycles. The zero-order valence-electron chi connectivity index (χ0n) is 14.5. The number of carbonyl (C=O) groups excluding carboxylic acids is 2. The molecule has 22 heavy (non-hydrogen) atoms. The highest BCUT2D eigenvalue weighted by molar-refractivity contribution is 8.14. The van der Waals surface area contributed by atoms with Gasteiger partial charge in [0, 0.05) is 22.5 Å². The van der Waals surface area contributed by atoms with Crippen molar-refractivity contribution in [3.05, 3.63) is 25.3 Å². The second-order valence-corrected chi connectivity index (χ2v) is 9.32. The van der Waals surface area contributed by atoms with Gasteiger partial charge in [0.15, 0.2) is 5.12 Å². The van der Waals surface area contributed by atoms with Crippen LogP contribution in [0.5, 0.6) is 0 Å². The predicted octanol–water partition coefficient (Wildman–Crippen LogP) is 5.19. The first-order valence-corrected chi connectivity index (χ1v) is 8.95. The van der Waals surface area contributed by atoms with E-state index in [0.29, 0.717) is 12.8 Å². The quantitative estimate of drug-likeness (QED) is 0.605. The maximum atomic E-state index is 12.8. The lowest BCUT2D eigenvalue weighted by Gasteiger charge is -2.35. The van der Waals surface area contributed by atoms with E-state index in [1.165, 1.54) is 11.8 Å². The minimum Gasteiger partial charge on any atom is -0.299 e. The number of ketones is 1. The topological polar surface area (TPSA) is 34.1 Å². The molecule has 0 amide bonds. The highest BCUT2D eigenvalue weighted by Crippen LogP contribution is 2.50. The van der Waals surface area contributed by atoms with E-state index in [0.717, 1.165) is 19.3 Å². The summed E-state index contributed by atoms with van der Waals surface area (Å²) in [6.45, 7) is 15.8. The SMILES string of the molecule is C=CCC[C@@H](C(=O)SC(C)(C)C)[C@H]1CCC(=O)[C@]1(C)CC=C. The molecule has 0 N–H and O–H groups in total.